The molecule has 2 fully saturated rings. The van der Waals surface area contributed by atoms with Gasteiger partial charge in [0.15, 0.2) is 0 Å². The van der Waals surface area contributed by atoms with Crippen LogP contribution in [0.15, 0.2) is 79.4 Å². The first-order valence-electron chi connectivity index (χ1n) is 25.4. The van der Waals surface area contributed by atoms with Crippen molar-refractivity contribution in [3.8, 4) is 0 Å². The normalized spacial score (nSPS) is 19.8. The highest BCUT2D eigenvalue weighted by atomic mass is 16.5. The second-order valence-electron chi connectivity index (χ2n) is 19.3. The molecule has 0 aliphatic carbocycles. The quantitative estimate of drug-likeness (QED) is 0.126. The summed E-state index contributed by atoms with van der Waals surface area (Å²) in [6, 6.07) is 21.4. The molecule has 2 N–H and O–H groups in total. The Balaban J connectivity index is 0.680. The summed E-state index contributed by atoms with van der Waals surface area (Å²) in [4.78, 5) is 70.2. The standard InChI is InChI=1S/C51H64N16O6/c1-60-44-28-41(56-66(44)19-15-39(50(60)70)30-52-48(68)46-53-34-64(58-46)31-36-9-4-3-5-10-36)14-8-18-63-23-26-73-33-43(63)38-12-6-11-37(27-38)32-65-35-54-47(59-65)49(69)55-42-16-20-67-45(61(2)51(42)71)29-40(57-67)13-7-17-62-21-24-72-25-22-62/h3-6,9-12,27-29,34-35,39,42-43H,7-8,13-26,30-33H2,1-2H3,(H,52,68)(H,55,69)/t39-,42-,43?/m0/s1. The van der Waals surface area contributed by atoms with Gasteiger partial charge in [0.05, 0.1) is 62.9 Å². The molecule has 4 aliphatic rings. The topological polar surface area (TPSA) is 221 Å². The average Bonchev–Trinajstić information content (AvgIpc) is 4.24. The zero-order valence-corrected chi connectivity index (χ0v) is 41.6. The molecule has 1 unspecified atom stereocenters. The van der Waals surface area contributed by atoms with E-state index in [1.807, 2.05) is 64.0 Å². The fourth-order valence-corrected chi connectivity index (χ4v) is 10.2. The highest BCUT2D eigenvalue weighted by Gasteiger charge is 2.33. The summed E-state index contributed by atoms with van der Waals surface area (Å²) in [6.07, 6.45) is 7.41. The molecule has 8 heterocycles. The van der Waals surface area contributed by atoms with Gasteiger partial charge in [-0.05, 0) is 68.3 Å². The number of hydrogen-bond acceptors (Lipinski definition) is 14. The molecule has 3 atom stereocenters. The molecule has 2 saturated heterocycles. The number of aryl methyl sites for hydroxylation is 4. The number of hydrogen-bond donors (Lipinski definition) is 2. The highest BCUT2D eigenvalue weighted by molar-refractivity contribution is 6.01. The monoisotopic (exact) mass is 997 g/mol. The minimum atomic E-state index is -0.745. The lowest BCUT2D eigenvalue weighted by atomic mass is 10.0. The van der Waals surface area contributed by atoms with Crippen LogP contribution < -0.4 is 20.4 Å². The van der Waals surface area contributed by atoms with E-state index in [9.17, 15) is 19.2 Å². The summed E-state index contributed by atoms with van der Waals surface area (Å²) < 4.78 is 18.5. The number of carbonyl (C=O) groups is 4. The number of anilines is 2. The fourth-order valence-electron chi connectivity index (χ4n) is 10.2. The van der Waals surface area contributed by atoms with Crippen LogP contribution in [0.2, 0.25) is 0 Å². The number of rotatable bonds is 18. The van der Waals surface area contributed by atoms with Crippen LogP contribution in [-0.2, 0) is 58.1 Å². The van der Waals surface area contributed by atoms with Crippen LogP contribution in [0.25, 0.3) is 0 Å². The van der Waals surface area contributed by atoms with Crippen molar-refractivity contribution in [1.82, 2.24) is 69.5 Å². The molecule has 4 amide bonds. The number of carbonyl (C=O) groups excluding carboxylic acids is 4. The molecular weight excluding hydrogens is 933 g/mol. The van der Waals surface area contributed by atoms with Crippen LogP contribution in [-0.4, -0.2) is 168 Å². The maximum Gasteiger partial charge on any atom is 0.291 e. The Morgan fingerprint density at radius 3 is 2.01 bits per heavy atom. The maximum atomic E-state index is 13.6. The lowest BCUT2D eigenvalue weighted by Gasteiger charge is -2.36. The number of benzene rings is 2. The van der Waals surface area contributed by atoms with Gasteiger partial charge in [-0.1, -0.05) is 54.6 Å². The second-order valence-corrected chi connectivity index (χ2v) is 19.3. The molecule has 22 heteroatoms. The summed E-state index contributed by atoms with van der Waals surface area (Å²) in [5, 5.41) is 24.3. The Kier molecular flexibility index (Phi) is 15.4. The van der Waals surface area contributed by atoms with Crippen molar-refractivity contribution in [3.05, 3.63) is 119 Å². The van der Waals surface area contributed by atoms with Crippen molar-refractivity contribution in [2.75, 3.05) is 89.6 Å². The van der Waals surface area contributed by atoms with Crippen LogP contribution in [0.1, 0.15) is 81.0 Å². The van der Waals surface area contributed by atoms with Crippen molar-refractivity contribution >= 4 is 35.3 Å². The van der Waals surface area contributed by atoms with E-state index >= 15 is 0 Å². The molecule has 0 saturated carbocycles. The van der Waals surface area contributed by atoms with Gasteiger partial charge in [0.25, 0.3) is 17.7 Å². The predicted octanol–water partition coefficient (Wildman–Crippen LogP) is 2.21. The third-order valence-corrected chi connectivity index (χ3v) is 14.2. The van der Waals surface area contributed by atoms with Crippen molar-refractivity contribution in [2.24, 2.45) is 5.92 Å². The minimum absolute atomic E-state index is 0.00136. The first-order valence-corrected chi connectivity index (χ1v) is 25.4. The van der Waals surface area contributed by atoms with Crippen LogP contribution >= 0.6 is 0 Å². The predicted molar refractivity (Wildman–Crippen MR) is 268 cm³/mol. The number of amides is 4. The number of ether oxygens (including phenoxy) is 2. The van der Waals surface area contributed by atoms with E-state index in [0.717, 1.165) is 111 Å². The van der Waals surface area contributed by atoms with Gasteiger partial charge in [-0.25, -0.2) is 28.7 Å². The second kappa shape index (κ2) is 22.7. The number of nitrogens with one attached hydrogen (secondary N) is 2. The number of nitrogens with zero attached hydrogens (tertiary/aromatic N) is 14. The number of likely N-dealkylation sites (N-methyl/N-ethyl adjacent to an activating group) is 1. The van der Waals surface area contributed by atoms with Gasteiger partial charge in [0.2, 0.25) is 17.6 Å². The number of morpholine rings is 2. The molecule has 0 radical (unpaired) electrons. The Labute approximate surface area is 423 Å². The third-order valence-electron chi connectivity index (χ3n) is 14.2. The Hall–Kier alpha value is -7.14. The Bertz CT molecular complexity index is 2870. The van der Waals surface area contributed by atoms with E-state index < -0.39 is 23.8 Å². The zero-order valence-electron chi connectivity index (χ0n) is 41.6. The van der Waals surface area contributed by atoms with Gasteiger partial charge >= 0.3 is 0 Å². The first-order chi connectivity index (χ1) is 35.6. The average molecular weight is 997 g/mol. The molecule has 22 nitrogen and oxygen atoms in total. The smallest absolute Gasteiger partial charge is 0.291 e. The Morgan fingerprint density at radius 1 is 0.658 bits per heavy atom. The molecule has 4 aliphatic heterocycles. The third kappa shape index (κ3) is 11.9. The summed E-state index contributed by atoms with van der Waals surface area (Å²) in [5.74, 6) is -0.0937. The van der Waals surface area contributed by atoms with Gasteiger partial charge in [-0.15, -0.1) is 10.2 Å². The number of aromatic nitrogens is 10. The van der Waals surface area contributed by atoms with E-state index in [1.54, 1.807) is 39.6 Å². The summed E-state index contributed by atoms with van der Waals surface area (Å²) in [6.45, 7) is 9.39. The Morgan fingerprint density at radius 2 is 1.29 bits per heavy atom. The van der Waals surface area contributed by atoms with Gasteiger partial charge in [-0.2, -0.15) is 10.2 Å². The van der Waals surface area contributed by atoms with Gasteiger partial charge in [0.1, 0.15) is 30.3 Å². The van der Waals surface area contributed by atoms with E-state index in [2.05, 4.69) is 52.7 Å². The fraction of sp³-hybridized carbons (Fsp3) is 0.490. The summed E-state index contributed by atoms with van der Waals surface area (Å²) in [7, 11) is 3.49. The van der Waals surface area contributed by atoms with Crippen molar-refractivity contribution < 1.29 is 28.7 Å². The van der Waals surface area contributed by atoms with Crippen LogP contribution in [0.4, 0.5) is 11.6 Å². The minimum Gasteiger partial charge on any atom is -0.379 e. The SMILES string of the molecule is CN1C(=O)[C@H](CNC(=O)c2ncn(Cc3ccccc3)n2)CCn2nc(CCCN3CCOCC3c3cccc(Cn4cnc(C(=O)N[C@H]5CCn6nc(CCCN7CCOCC7)cc6N(C)C5=O)n4)c3)cc21. The van der Waals surface area contributed by atoms with E-state index in [1.165, 1.54) is 6.33 Å². The van der Waals surface area contributed by atoms with Gasteiger partial charge in [0, 0.05) is 65.5 Å². The molecule has 384 valence electrons. The van der Waals surface area contributed by atoms with Crippen LogP contribution in [0.3, 0.4) is 0 Å². The van der Waals surface area contributed by atoms with E-state index in [0.29, 0.717) is 52.2 Å². The van der Waals surface area contributed by atoms with Crippen molar-refractivity contribution in [2.45, 2.75) is 76.8 Å². The van der Waals surface area contributed by atoms with Crippen molar-refractivity contribution in [3.63, 3.8) is 0 Å². The first kappa shape index (κ1) is 49.4. The molecule has 0 bridgehead atoms. The summed E-state index contributed by atoms with van der Waals surface area (Å²) >= 11 is 0. The van der Waals surface area contributed by atoms with Crippen LogP contribution in [0, 0.1) is 5.92 Å². The lowest BCUT2D eigenvalue weighted by molar-refractivity contribution is -0.122. The van der Waals surface area contributed by atoms with E-state index in [4.69, 9.17) is 19.7 Å². The van der Waals surface area contributed by atoms with Crippen molar-refractivity contribution in [1.29, 1.82) is 0 Å². The molecule has 2 aromatic carbocycles. The molecule has 0 spiro atoms. The largest absolute Gasteiger partial charge is 0.379 e. The highest BCUT2D eigenvalue weighted by Crippen LogP contribution is 2.28. The van der Waals surface area contributed by atoms with E-state index in [-0.39, 0.29) is 36.0 Å². The molecule has 73 heavy (non-hydrogen) atoms. The van der Waals surface area contributed by atoms with Gasteiger partial charge < -0.3 is 20.1 Å². The summed E-state index contributed by atoms with van der Waals surface area (Å²) in [5.41, 5.74) is 5.06. The van der Waals surface area contributed by atoms with Gasteiger partial charge in [-0.3, -0.25) is 38.8 Å². The molecule has 4 aromatic heterocycles. The number of fused-ring (bicyclic) bond motifs is 2. The molecule has 10 rings (SSSR count). The lowest BCUT2D eigenvalue weighted by Crippen LogP contribution is -2.47. The maximum absolute atomic E-state index is 13.6. The molecule has 6 aromatic rings. The molecular formula is C51H64N16O6. The zero-order chi connectivity index (χ0) is 50.3. The van der Waals surface area contributed by atoms with Crippen LogP contribution in [0.5, 0.6) is 0 Å².